The van der Waals surface area contributed by atoms with Gasteiger partial charge in [-0.2, -0.15) is 0 Å². The van der Waals surface area contributed by atoms with Gasteiger partial charge in [0, 0.05) is 31.2 Å². The maximum Gasteiger partial charge on any atom is 0.338 e. The summed E-state index contributed by atoms with van der Waals surface area (Å²) in [5.74, 6) is -5.43. The molecule has 60 heavy (non-hydrogen) atoms. The van der Waals surface area contributed by atoms with Crippen molar-refractivity contribution in [3.8, 4) is 0 Å². The van der Waals surface area contributed by atoms with Crippen LogP contribution in [0, 0.1) is 16.7 Å². The van der Waals surface area contributed by atoms with Gasteiger partial charge in [0.2, 0.25) is 0 Å². The fraction of sp³-hybridized carbons (Fsp3) is 0.511. The van der Waals surface area contributed by atoms with Crippen LogP contribution in [0.3, 0.4) is 0 Å². The van der Waals surface area contributed by atoms with Crippen LogP contribution in [0.4, 0.5) is 4.79 Å². The number of amides is 2. The highest BCUT2D eigenvalue weighted by atomic mass is 16.6. The fourth-order valence-corrected chi connectivity index (χ4v) is 9.94. The van der Waals surface area contributed by atoms with Crippen molar-refractivity contribution in [2.75, 3.05) is 6.61 Å². The third-order valence-corrected chi connectivity index (χ3v) is 12.8. The summed E-state index contributed by atoms with van der Waals surface area (Å²) in [6, 6.07) is 14.4. The van der Waals surface area contributed by atoms with Gasteiger partial charge >= 0.3 is 29.9 Å². The molecule has 4 aliphatic carbocycles. The van der Waals surface area contributed by atoms with Crippen molar-refractivity contribution in [2.45, 2.75) is 122 Å². The molecule has 2 bridgehead atoms. The predicted molar refractivity (Wildman–Crippen MR) is 212 cm³/mol. The molecule has 5 aliphatic rings. The SMILES string of the molecule is CC(=O)O[C@H]1C(=O)[C@]23CC2=C[C@H]2OC[C@@]2(OC(C)=O)C3C(OC(=O)c2ccccc2)[C@]2(O)C[C@H](OC(=O)[C@H](O)[C@@H](NC(=O)NC(C)(C)C)c3ccccc3)C(C)=C1C2(C)C. The first-order valence-corrected chi connectivity index (χ1v) is 20.0. The number of carbonyl (C=O) groups excluding carboxylic acids is 6. The molecule has 2 aromatic carbocycles. The Morgan fingerprint density at radius 1 is 0.917 bits per heavy atom. The molecule has 15 heteroatoms. The monoisotopic (exact) mass is 828 g/mol. The van der Waals surface area contributed by atoms with Crippen molar-refractivity contribution in [3.05, 3.63) is 94.6 Å². The first-order valence-electron chi connectivity index (χ1n) is 20.0. The number of urea groups is 1. The number of fused-ring (bicyclic) bond motifs is 4. The third kappa shape index (κ3) is 6.99. The van der Waals surface area contributed by atoms with Crippen molar-refractivity contribution < 1.29 is 62.7 Å². The fourth-order valence-electron chi connectivity index (χ4n) is 9.94. The lowest BCUT2D eigenvalue weighted by Crippen LogP contribution is -2.77. The molecule has 2 saturated carbocycles. The number of ketones is 1. The average Bonchev–Trinajstić information content (AvgIpc) is 3.90. The number of rotatable bonds is 9. The molecule has 2 unspecified atom stereocenters. The van der Waals surface area contributed by atoms with Gasteiger partial charge in [-0.3, -0.25) is 14.4 Å². The molecule has 2 aromatic rings. The molecule has 2 amide bonds. The molecule has 10 atom stereocenters. The Labute approximate surface area is 347 Å². The minimum absolute atomic E-state index is 0.111. The number of aliphatic hydroxyl groups is 2. The molecule has 4 N–H and O–H groups in total. The van der Waals surface area contributed by atoms with E-state index >= 15 is 4.79 Å². The van der Waals surface area contributed by atoms with E-state index in [2.05, 4.69) is 10.6 Å². The highest BCUT2D eigenvalue weighted by molar-refractivity contribution is 6.01. The van der Waals surface area contributed by atoms with Gasteiger partial charge in [0.15, 0.2) is 23.6 Å². The zero-order valence-electron chi connectivity index (χ0n) is 34.9. The Morgan fingerprint density at radius 3 is 2.12 bits per heavy atom. The van der Waals surface area contributed by atoms with Gasteiger partial charge in [0.1, 0.15) is 23.9 Å². The number of benzene rings is 2. The Kier molecular flexibility index (Phi) is 10.7. The zero-order chi connectivity index (χ0) is 43.7. The quantitative estimate of drug-likeness (QED) is 0.160. The highest BCUT2D eigenvalue weighted by Crippen LogP contribution is 2.72. The van der Waals surface area contributed by atoms with Crippen molar-refractivity contribution in [1.82, 2.24) is 10.6 Å². The largest absolute Gasteiger partial charge is 0.456 e. The summed E-state index contributed by atoms with van der Waals surface area (Å²) in [5, 5.41) is 30.8. The van der Waals surface area contributed by atoms with Gasteiger partial charge in [0.05, 0.1) is 29.5 Å². The molecule has 15 nitrogen and oxygen atoms in total. The number of nitrogens with one attached hydrogen (secondary N) is 2. The summed E-state index contributed by atoms with van der Waals surface area (Å²) in [6.45, 7) is 12.2. The van der Waals surface area contributed by atoms with E-state index in [1.165, 1.54) is 19.1 Å². The normalized spacial score (nSPS) is 32.0. The van der Waals surface area contributed by atoms with E-state index in [1.807, 2.05) is 0 Å². The molecular weight excluding hydrogens is 776 g/mol. The number of hydrogen-bond donors (Lipinski definition) is 4. The summed E-state index contributed by atoms with van der Waals surface area (Å²) in [6.07, 6.45) is -6.21. The van der Waals surface area contributed by atoms with Crippen molar-refractivity contribution >= 4 is 35.7 Å². The van der Waals surface area contributed by atoms with Crippen LogP contribution in [0.15, 0.2) is 83.5 Å². The molecule has 1 aliphatic heterocycles. The van der Waals surface area contributed by atoms with Gasteiger partial charge < -0.3 is 44.5 Å². The molecule has 1 saturated heterocycles. The average molecular weight is 829 g/mol. The summed E-state index contributed by atoms with van der Waals surface area (Å²) in [5.41, 5.74) is -6.19. The van der Waals surface area contributed by atoms with Crippen molar-refractivity contribution in [3.63, 3.8) is 0 Å². The topological polar surface area (TPSA) is 213 Å². The van der Waals surface area contributed by atoms with Crippen LogP contribution in [0.25, 0.3) is 0 Å². The number of hydrogen-bond acceptors (Lipinski definition) is 13. The molecule has 1 spiro atoms. The first-order chi connectivity index (χ1) is 28.1. The lowest BCUT2D eigenvalue weighted by molar-refractivity contribution is -0.301. The van der Waals surface area contributed by atoms with Crippen LogP contribution in [0.1, 0.15) is 90.2 Å². The lowest BCUT2D eigenvalue weighted by Gasteiger charge is -2.63. The number of aliphatic hydroxyl groups excluding tert-OH is 1. The minimum atomic E-state index is -2.26. The first kappa shape index (κ1) is 42.7. The van der Waals surface area contributed by atoms with Crippen LogP contribution in [-0.2, 0) is 42.9 Å². The van der Waals surface area contributed by atoms with E-state index < -0.39 is 112 Å². The van der Waals surface area contributed by atoms with Crippen LogP contribution >= 0.6 is 0 Å². The second kappa shape index (κ2) is 15.0. The molecule has 3 fully saturated rings. The summed E-state index contributed by atoms with van der Waals surface area (Å²) in [4.78, 5) is 82.9. The maximum absolute atomic E-state index is 15.4. The predicted octanol–water partition coefficient (Wildman–Crippen LogP) is 3.96. The van der Waals surface area contributed by atoms with E-state index in [0.29, 0.717) is 11.1 Å². The van der Waals surface area contributed by atoms with Crippen molar-refractivity contribution in [1.29, 1.82) is 0 Å². The van der Waals surface area contributed by atoms with E-state index in [1.54, 1.807) is 96.1 Å². The van der Waals surface area contributed by atoms with Crippen LogP contribution in [-0.4, -0.2) is 99.8 Å². The van der Waals surface area contributed by atoms with Gasteiger partial charge in [0.25, 0.3) is 0 Å². The second-order valence-electron chi connectivity index (χ2n) is 18.1. The van der Waals surface area contributed by atoms with Gasteiger partial charge in [-0.1, -0.05) is 74.0 Å². The number of esters is 4. The molecule has 0 aromatic heterocycles. The number of Topliss-reactive ketones (excluding diaryl/α,β-unsaturated/α-hetero) is 1. The van der Waals surface area contributed by atoms with Gasteiger partial charge in [-0.15, -0.1) is 0 Å². The summed E-state index contributed by atoms with van der Waals surface area (Å²) in [7, 11) is 0. The second-order valence-corrected chi connectivity index (χ2v) is 18.1. The number of ether oxygens (including phenoxy) is 5. The smallest absolute Gasteiger partial charge is 0.338 e. The van der Waals surface area contributed by atoms with Gasteiger partial charge in [-0.25, -0.2) is 14.4 Å². The molecular formula is C45H52N2O13. The number of allylic oxidation sites excluding steroid dienone is 1. The molecule has 0 radical (unpaired) electrons. The molecule has 320 valence electrons. The Morgan fingerprint density at radius 2 is 1.55 bits per heavy atom. The highest BCUT2D eigenvalue weighted by Gasteiger charge is 2.82. The maximum atomic E-state index is 15.4. The van der Waals surface area contributed by atoms with Gasteiger partial charge in [-0.05, 0) is 63.0 Å². The van der Waals surface area contributed by atoms with Crippen LogP contribution in [0.5, 0.6) is 0 Å². The standard InChI is InChI=1S/C45H52N2O13/c1-23-29(58-39(53)33(50)32(26-15-11-9-12-16-26)46-40(54)47-41(4,5)6)21-45(55)37(59-38(52)27-17-13-10-14-18-27)35-43(36(51)34(57-24(2)48)31(23)42(45,7)8)20-28(43)19-30-44(35,22-56-30)60-25(3)49/h9-19,29-30,32-35,37,50,55H,20-22H2,1-8H3,(H2,46,47,54)/t29-,30+,32-,33+,34+,35?,37?,43+,44-,45+/m0/s1. The minimum Gasteiger partial charge on any atom is -0.456 e. The van der Waals surface area contributed by atoms with E-state index in [9.17, 15) is 34.2 Å². The number of carbonyl (C=O) groups is 6. The van der Waals surface area contributed by atoms with Crippen molar-refractivity contribution in [2.24, 2.45) is 16.7 Å². The Balaban J connectivity index is 1.37. The Bertz CT molecular complexity index is 2180. The molecule has 7 rings (SSSR count). The van der Waals surface area contributed by atoms with E-state index in [0.717, 1.165) is 6.92 Å². The molecule has 1 heterocycles. The zero-order valence-corrected chi connectivity index (χ0v) is 34.9. The third-order valence-electron chi connectivity index (χ3n) is 12.8. The summed E-state index contributed by atoms with van der Waals surface area (Å²) >= 11 is 0. The van der Waals surface area contributed by atoms with E-state index in [-0.39, 0.29) is 29.7 Å². The van der Waals surface area contributed by atoms with Crippen LogP contribution in [0.2, 0.25) is 0 Å². The van der Waals surface area contributed by atoms with Crippen LogP contribution < -0.4 is 10.6 Å². The Hall–Kier alpha value is -5.38. The van der Waals surface area contributed by atoms with E-state index in [4.69, 9.17) is 23.7 Å². The summed E-state index contributed by atoms with van der Waals surface area (Å²) < 4.78 is 30.5. The lowest BCUT2D eigenvalue weighted by atomic mass is 9.49.